The van der Waals surface area contributed by atoms with Gasteiger partial charge in [0.05, 0.1) is 23.5 Å². The number of rotatable bonds is 4. The molecule has 6 nitrogen and oxygen atoms in total. The molecule has 4 rings (SSSR count). The molecule has 2 aliphatic rings. The Morgan fingerprint density at radius 1 is 1.46 bits per heavy atom. The van der Waals surface area contributed by atoms with Crippen molar-refractivity contribution in [3.8, 4) is 0 Å². The maximum absolute atomic E-state index is 12.6. The van der Waals surface area contributed by atoms with E-state index in [4.69, 9.17) is 11.6 Å². The number of carbonyl (C=O) groups excluding carboxylic acids is 2. The van der Waals surface area contributed by atoms with Crippen LogP contribution in [0.2, 0.25) is 5.02 Å². The molecule has 1 aromatic heterocycles. The Morgan fingerprint density at radius 3 is 3.00 bits per heavy atom. The maximum atomic E-state index is 12.6. The van der Waals surface area contributed by atoms with Crippen LogP contribution in [0.1, 0.15) is 25.1 Å². The number of nitrogens with one attached hydrogen (secondary N) is 1. The van der Waals surface area contributed by atoms with E-state index in [0.717, 1.165) is 23.9 Å². The van der Waals surface area contributed by atoms with Gasteiger partial charge in [0.2, 0.25) is 11.8 Å². The number of hydrogen-bond acceptors (Lipinski definition) is 3. The molecule has 2 amide bonds. The summed E-state index contributed by atoms with van der Waals surface area (Å²) in [7, 11) is 1.76. The van der Waals surface area contributed by atoms with Crippen LogP contribution in [0.3, 0.4) is 0 Å². The Morgan fingerprint density at radius 2 is 2.25 bits per heavy atom. The summed E-state index contributed by atoms with van der Waals surface area (Å²) in [6.07, 6.45) is 2.48. The normalized spacial score (nSPS) is 20.8. The molecule has 1 saturated heterocycles. The second kappa shape index (κ2) is 5.77. The van der Waals surface area contributed by atoms with Crippen molar-refractivity contribution in [3.63, 3.8) is 0 Å². The fraction of sp³-hybridized carbons (Fsp3) is 0.471. The lowest BCUT2D eigenvalue weighted by atomic mass is 10.1. The molecule has 0 radical (unpaired) electrons. The van der Waals surface area contributed by atoms with E-state index in [-0.39, 0.29) is 17.7 Å². The Bertz CT molecular complexity index is 814. The summed E-state index contributed by atoms with van der Waals surface area (Å²) in [6, 6.07) is 5.83. The summed E-state index contributed by atoms with van der Waals surface area (Å²) in [5, 5.41) is 0.645. The van der Waals surface area contributed by atoms with Crippen LogP contribution in [0.4, 0.5) is 0 Å². The van der Waals surface area contributed by atoms with Gasteiger partial charge in [-0.15, -0.1) is 0 Å². The van der Waals surface area contributed by atoms with Gasteiger partial charge in [-0.05, 0) is 31.0 Å². The Labute approximate surface area is 144 Å². The fourth-order valence-corrected chi connectivity index (χ4v) is 3.53. The zero-order valence-electron chi connectivity index (χ0n) is 13.5. The molecule has 1 saturated carbocycles. The zero-order chi connectivity index (χ0) is 16.8. The van der Waals surface area contributed by atoms with Crippen molar-refractivity contribution in [3.05, 3.63) is 29.0 Å². The van der Waals surface area contributed by atoms with Gasteiger partial charge in [0.15, 0.2) is 0 Å². The van der Waals surface area contributed by atoms with Gasteiger partial charge in [-0.2, -0.15) is 0 Å². The SMILES string of the molecule is CN(Cc1nc2ccc(Cl)cc2[nH]1)C(=O)[C@H]1CC(=O)N(C2CC2)C1. The standard InChI is InChI=1S/C17H19ClN4O2/c1-21(9-15-19-13-5-2-11(18)7-14(13)20-15)17(24)10-6-16(23)22(8-10)12-3-4-12/h2,5,7,10,12H,3-4,6,8-9H2,1H3,(H,19,20)/t10-/m0/s1. The predicted molar refractivity (Wildman–Crippen MR) is 90.4 cm³/mol. The largest absolute Gasteiger partial charge is 0.340 e. The third-order valence-corrected chi connectivity index (χ3v) is 4.99. The van der Waals surface area contributed by atoms with E-state index in [2.05, 4.69) is 9.97 Å². The highest BCUT2D eigenvalue weighted by Gasteiger charge is 2.42. The number of aromatic amines is 1. The number of aromatic nitrogens is 2. The minimum atomic E-state index is -0.234. The van der Waals surface area contributed by atoms with E-state index >= 15 is 0 Å². The summed E-state index contributed by atoms with van der Waals surface area (Å²) < 4.78 is 0. The van der Waals surface area contributed by atoms with Crippen LogP contribution in [-0.2, 0) is 16.1 Å². The van der Waals surface area contributed by atoms with Crippen LogP contribution < -0.4 is 0 Å². The van der Waals surface area contributed by atoms with Gasteiger partial charge in [-0.3, -0.25) is 9.59 Å². The number of H-pyrrole nitrogens is 1. The monoisotopic (exact) mass is 346 g/mol. The molecule has 2 fully saturated rings. The minimum absolute atomic E-state index is 0.00462. The van der Waals surface area contributed by atoms with E-state index < -0.39 is 0 Å². The lowest BCUT2D eigenvalue weighted by molar-refractivity contribution is -0.135. The molecule has 2 heterocycles. The molecule has 0 unspecified atom stereocenters. The van der Waals surface area contributed by atoms with Crippen molar-refractivity contribution in [2.24, 2.45) is 5.92 Å². The number of benzene rings is 1. The van der Waals surface area contributed by atoms with Crippen molar-refractivity contribution in [2.45, 2.75) is 31.8 Å². The lowest BCUT2D eigenvalue weighted by Gasteiger charge is -2.20. The molecule has 1 atom stereocenters. The lowest BCUT2D eigenvalue weighted by Crippen LogP contribution is -2.35. The predicted octanol–water partition coefficient (Wildman–Crippen LogP) is 2.19. The van der Waals surface area contributed by atoms with Crippen molar-refractivity contribution in [2.75, 3.05) is 13.6 Å². The molecular weight excluding hydrogens is 328 g/mol. The topological polar surface area (TPSA) is 69.3 Å². The first-order valence-corrected chi connectivity index (χ1v) is 8.57. The third kappa shape index (κ3) is 2.86. The molecule has 1 aliphatic heterocycles. The van der Waals surface area contributed by atoms with Crippen LogP contribution >= 0.6 is 11.6 Å². The summed E-state index contributed by atoms with van der Waals surface area (Å²) in [4.78, 5) is 35.9. The quantitative estimate of drug-likeness (QED) is 0.922. The zero-order valence-corrected chi connectivity index (χ0v) is 14.2. The molecule has 1 aliphatic carbocycles. The number of halogens is 1. The number of imidazole rings is 1. The molecule has 126 valence electrons. The van der Waals surface area contributed by atoms with Gasteiger partial charge in [0.25, 0.3) is 0 Å². The molecule has 0 bridgehead atoms. The van der Waals surface area contributed by atoms with Crippen molar-refractivity contribution in [1.29, 1.82) is 0 Å². The van der Waals surface area contributed by atoms with Gasteiger partial charge in [0.1, 0.15) is 5.82 Å². The average molecular weight is 347 g/mol. The number of amides is 2. The van der Waals surface area contributed by atoms with E-state index in [9.17, 15) is 9.59 Å². The summed E-state index contributed by atoms with van der Waals surface area (Å²) in [6.45, 7) is 0.946. The first kappa shape index (κ1) is 15.4. The first-order valence-electron chi connectivity index (χ1n) is 8.20. The average Bonchev–Trinajstić information content (AvgIpc) is 3.20. The van der Waals surface area contributed by atoms with Crippen LogP contribution in [0.5, 0.6) is 0 Å². The number of likely N-dealkylation sites (tertiary alicyclic amines) is 1. The molecule has 1 N–H and O–H groups in total. The smallest absolute Gasteiger partial charge is 0.228 e. The Kier molecular flexibility index (Phi) is 3.72. The molecule has 1 aromatic carbocycles. The molecule has 7 heteroatoms. The second-order valence-corrected chi connectivity index (χ2v) is 7.15. The van der Waals surface area contributed by atoms with Gasteiger partial charge in [-0.25, -0.2) is 4.98 Å². The number of carbonyl (C=O) groups is 2. The molecular formula is C17H19ClN4O2. The highest BCUT2D eigenvalue weighted by atomic mass is 35.5. The van der Waals surface area contributed by atoms with Crippen molar-refractivity contribution in [1.82, 2.24) is 19.8 Å². The summed E-state index contributed by atoms with van der Waals surface area (Å²) >= 11 is 5.98. The van der Waals surface area contributed by atoms with E-state index in [1.54, 1.807) is 18.0 Å². The van der Waals surface area contributed by atoms with Crippen molar-refractivity contribution >= 4 is 34.4 Å². The minimum Gasteiger partial charge on any atom is -0.340 e. The van der Waals surface area contributed by atoms with Gasteiger partial charge >= 0.3 is 0 Å². The van der Waals surface area contributed by atoms with E-state index in [0.29, 0.717) is 36.4 Å². The molecule has 2 aromatic rings. The van der Waals surface area contributed by atoms with E-state index in [1.165, 1.54) is 0 Å². The third-order valence-electron chi connectivity index (χ3n) is 4.75. The summed E-state index contributed by atoms with van der Waals surface area (Å²) in [5.41, 5.74) is 1.68. The Balaban J connectivity index is 1.43. The first-order chi connectivity index (χ1) is 11.5. The van der Waals surface area contributed by atoms with Gasteiger partial charge < -0.3 is 14.8 Å². The fourth-order valence-electron chi connectivity index (χ4n) is 3.36. The van der Waals surface area contributed by atoms with Crippen LogP contribution in [-0.4, -0.2) is 51.2 Å². The van der Waals surface area contributed by atoms with Crippen LogP contribution in [0.15, 0.2) is 18.2 Å². The molecule has 0 spiro atoms. The number of fused-ring (bicyclic) bond motifs is 1. The van der Waals surface area contributed by atoms with Gasteiger partial charge in [-0.1, -0.05) is 11.6 Å². The Hall–Kier alpha value is -2.08. The summed E-state index contributed by atoms with van der Waals surface area (Å²) in [5.74, 6) is 0.598. The highest BCUT2D eigenvalue weighted by Crippen LogP contribution is 2.33. The maximum Gasteiger partial charge on any atom is 0.228 e. The number of nitrogens with zero attached hydrogens (tertiary/aromatic N) is 3. The number of hydrogen-bond donors (Lipinski definition) is 1. The van der Waals surface area contributed by atoms with E-state index in [1.807, 2.05) is 17.0 Å². The van der Waals surface area contributed by atoms with Crippen LogP contribution in [0.25, 0.3) is 11.0 Å². The molecule has 24 heavy (non-hydrogen) atoms. The highest BCUT2D eigenvalue weighted by molar-refractivity contribution is 6.31. The second-order valence-electron chi connectivity index (χ2n) is 6.72. The van der Waals surface area contributed by atoms with Crippen LogP contribution in [0, 0.1) is 5.92 Å². The van der Waals surface area contributed by atoms with Gasteiger partial charge in [0, 0.05) is 31.1 Å². The van der Waals surface area contributed by atoms with Crippen molar-refractivity contribution < 1.29 is 9.59 Å².